The molecule has 1 unspecified atom stereocenters. The van der Waals surface area contributed by atoms with Crippen LogP contribution < -0.4 is 5.32 Å². The predicted molar refractivity (Wildman–Crippen MR) is 49.2 cm³/mol. The average molecular weight is 229 g/mol. The molecule has 0 saturated carbocycles. The van der Waals surface area contributed by atoms with Gasteiger partial charge in [-0.2, -0.15) is 0 Å². The van der Waals surface area contributed by atoms with Gasteiger partial charge in [-0.15, -0.1) is 22.2 Å². The molecular weight excluding hydrogens is 219 g/mol. The van der Waals surface area contributed by atoms with Crippen LogP contribution in [0.15, 0.2) is 0 Å². The molecule has 0 aromatic carbocycles. The van der Waals surface area contributed by atoms with E-state index in [0.29, 0.717) is 13.1 Å². The average Bonchev–Trinajstić information content (AvgIpc) is 2.31. The Morgan fingerprint density at radius 3 is 2.67 bits per heavy atom. The molecule has 1 rings (SSSR count). The number of nitrogens with one attached hydrogen (secondary N) is 1. The topological polar surface area (TPSA) is 52.6 Å². The second-order valence-electron chi connectivity index (χ2n) is 2.69. The lowest BCUT2D eigenvalue weighted by molar-refractivity contribution is 0.212. The molecule has 2 amide bonds. The van der Waals surface area contributed by atoms with E-state index in [1.165, 1.54) is 4.90 Å². The molecule has 0 bridgehead atoms. The zero-order chi connectivity index (χ0) is 9.35. The summed E-state index contributed by atoms with van der Waals surface area (Å²) in [4.78, 5) is 21.8. The van der Waals surface area contributed by atoms with E-state index >= 15 is 0 Å². The summed E-state index contributed by atoms with van der Waals surface area (Å²) in [6.45, 7) is -0.473. The third-order valence-electron chi connectivity index (χ3n) is 1.86. The van der Waals surface area contributed by atoms with Crippen molar-refractivity contribution in [1.82, 2.24) is 10.2 Å². The van der Waals surface area contributed by atoms with Gasteiger partial charge < -0.3 is 15.0 Å². The van der Waals surface area contributed by atoms with Gasteiger partial charge in [0.05, 0.1) is 5.67 Å². The van der Waals surface area contributed by atoms with Crippen LogP contribution >= 0.6 is 22.2 Å². The SMILES string of the molecule is CC(N1CCNC1=O)[Si](O)(Cl)Cl. The van der Waals surface area contributed by atoms with Gasteiger partial charge >= 0.3 is 13.0 Å². The summed E-state index contributed by atoms with van der Waals surface area (Å²) in [6, 6.07) is -0.213. The van der Waals surface area contributed by atoms with Crippen LogP contribution in [0.25, 0.3) is 0 Å². The van der Waals surface area contributed by atoms with Gasteiger partial charge in [-0.1, -0.05) is 0 Å². The maximum Gasteiger partial charge on any atom is 0.409 e. The number of hydrogen-bond acceptors (Lipinski definition) is 2. The van der Waals surface area contributed by atoms with Gasteiger partial charge in [-0.05, 0) is 6.92 Å². The molecule has 0 aromatic rings. The fourth-order valence-electron chi connectivity index (χ4n) is 1.04. The monoisotopic (exact) mass is 228 g/mol. The largest absolute Gasteiger partial charge is 0.409 e. The highest BCUT2D eigenvalue weighted by Gasteiger charge is 2.41. The highest BCUT2D eigenvalue weighted by molar-refractivity contribution is 7.42. The van der Waals surface area contributed by atoms with Crippen LogP contribution in [0.1, 0.15) is 6.92 Å². The van der Waals surface area contributed by atoms with Crippen LogP contribution in [0.3, 0.4) is 0 Å². The van der Waals surface area contributed by atoms with Crippen molar-refractivity contribution in [3.8, 4) is 0 Å². The van der Waals surface area contributed by atoms with E-state index in [2.05, 4.69) is 5.32 Å². The van der Waals surface area contributed by atoms with Crippen molar-refractivity contribution in [3.63, 3.8) is 0 Å². The van der Waals surface area contributed by atoms with Gasteiger partial charge in [0, 0.05) is 13.1 Å². The maximum absolute atomic E-state index is 11.1. The molecule has 0 radical (unpaired) electrons. The molecule has 1 heterocycles. The predicted octanol–water partition coefficient (Wildman–Crippen LogP) is 0.348. The van der Waals surface area contributed by atoms with Crippen LogP contribution in [0.2, 0.25) is 0 Å². The lowest BCUT2D eigenvalue weighted by atomic mass is 10.6. The minimum atomic E-state index is -3.26. The van der Waals surface area contributed by atoms with E-state index in [0.717, 1.165) is 0 Å². The number of carbonyl (C=O) groups is 1. The number of hydrogen-bond donors (Lipinski definition) is 2. The van der Waals surface area contributed by atoms with Crippen molar-refractivity contribution < 1.29 is 9.59 Å². The molecule has 1 aliphatic heterocycles. The van der Waals surface area contributed by atoms with Crippen molar-refractivity contribution in [2.45, 2.75) is 12.6 Å². The first kappa shape index (κ1) is 10.1. The van der Waals surface area contributed by atoms with Crippen molar-refractivity contribution in [1.29, 1.82) is 0 Å². The van der Waals surface area contributed by atoms with Gasteiger partial charge in [0.1, 0.15) is 0 Å². The Hall–Kier alpha value is 0.0269. The van der Waals surface area contributed by atoms with E-state index in [1.807, 2.05) is 0 Å². The van der Waals surface area contributed by atoms with Gasteiger partial charge in [-0.3, -0.25) is 0 Å². The molecule has 4 nitrogen and oxygen atoms in total. The molecule has 70 valence electrons. The normalized spacial score (nSPS) is 21.0. The third kappa shape index (κ3) is 2.04. The molecular formula is C5H10Cl2N2O2Si. The zero-order valence-corrected chi connectivity index (χ0v) is 9.06. The van der Waals surface area contributed by atoms with E-state index < -0.39 is 12.6 Å². The number of urea groups is 1. The highest BCUT2D eigenvalue weighted by atomic mass is 35.7. The molecule has 0 aromatic heterocycles. The Bertz CT molecular complexity index is 196. The maximum atomic E-state index is 11.1. The quantitative estimate of drug-likeness (QED) is 0.530. The summed E-state index contributed by atoms with van der Waals surface area (Å²) in [5.74, 6) is 0. The second kappa shape index (κ2) is 3.41. The first-order valence-corrected chi connectivity index (χ1v) is 7.62. The van der Waals surface area contributed by atoms with E-state index in [-0.39, 0.29) is 6.03 Å². The van der Waals surface area contributed by atoms with Crippen molar-refractivity contribution in [2.75, 3.05) is 13.1 Å². The van der Waals surface area contributed by atoms with E-state index in [9.17, 15) is 9.59 Å². The summed E-state index contributed by atoms with van der Waals surface area (Å²) < 4.78 is 0. The Morgan fingerprint density at radius 1 is 1.75 bits per heavy atom. The van der Waals surface area contributed by atoms with Crippen LogP contribution in [-0.4, -0.2) is 41.4 Å². The summed E-state index contributed by atoms with van der Waals surface area (Å²) in [6.07, 6.45) is 0. The Morgan fingerprint density at radius 2 is 2.33 bits per heavy atom. The lowest BCUT2D eigenvalue weighted by Crippen LogP contribution is -2.49. The molecule has 1 aliphatic rings. The molecule has 12 heavy (non-hydrogen) atoms. The highest BCUT2D eigenvalue weighted by Crippen LogP contribution is 2.21. The van der Waals surface area contributed by atoms with Gasteiger partial charge in [0.25, 0.3) is 0 Å². The van der Waals surface area contributed by atoms with Crippen LogP contribution in [0.4, 0.5) is 4.79 Å². The van der Waals surface area contributed by atoms with Gasteiger partial charge in [-0.25, -0.2) is 4.79 Å². The molecule has 7 heteroatoms. The molecule has 1 saturated heterocycles. The van der Waals surface area contributed by atoms with Crippen LogP contribution in [0.5, 0.6) is 0 Å². The summed E-state index contributed by atoms with van der Waals surface area (Å²) in [5.41, 5.74) is -0.469. The summed E-state index contributed by atoms with van der Waals surface area (Å²) in [7, 11) is 0. The van der Waals surface area contributed by atoms with Crippen LogP contribution in [0, 0.1) is 0 Å². The van der Waals surface area contributed by atoms with Gasteiger partial charge in [0.15, 0.2) is 0 Å². The molecule has 0 aliphatic carbocycles. The second-order valence-corrected chi connectivity index (χ2v) is 8.74. The summed E-state index contributed by atoms with van der Waals surface area (Å²) in [5, 5.41) is 2.60. The van der Waals surface area contributed by atoms with Gasteiger partial charge in [0.2, 0.25) is 0 Å². The van der Waals surface area contributed by atoms with E-state index in [1.54, 1.807) is 6.92 Å². The van der Waals surface area contributed by atoms with Crippen molar-refractivity contribution in [2.24, 2.45) is 0 Å². The molecule has 1 fully saturated rings. The minimum absolute atomic E-state index is 0.213. The van der Waals surface area contributed by atoms with Crippen molar-refractivity contribution in [3.05, 3.63) is 0 Å². The first-order valence-electron chi connectivity index (χ1n) is 3.57. The molecule has 0 spiro atoms. The van der Waals surface area contributed by atoms with E-state index in [4.69, 9.17) is 22.2 Å². The Labute approximate surface area is 81.0 Å². The first-order chi connectivity index (χ1) is 5.43. The fraction of sp³-hybridized carbons (Fsp3) is 0.800. The third-order valence-corrected chi connectivity index (χ3v) is 5.07. The van der Waals surface area contributed by atoms with Crippen molar-refractivity contribution >= 4 is 35.1 Å². The standard InChI is InChI=1S/C5H10Cl2N2O2Si/c1-4(12(6,7)11)9-3-2-8-5(9)10/h4,11H,2-3H2,1H3,(H,8,10). The zero-order valence-electron chi connectivity index (χ0n) is 6.55. The number of nitrogens with zero attached hydrogens (tertiary/aromatic N) is 1. The Kier molecular flexibility index (Phi) is 2.87. The fourth-order valence-corrected chi connectivity index (χ4v) is 2.37. The Balaban J connectivity index is 2.63. The number of rotatable bonds is 2. The number of carbonyl (C=O) groups excluding carboxylic acids is 1. The lowest BCUT2D eigenvalue weighted by Gasteiger charge is -2.26. The minimum Gasteiger partial charge on any atom is -0.407 e. The molecule has 2 N–H and O–H groups in total. The smallest absolute Gasteiger partial charge is 0.407 e. The molecule has 1 atom stereocenters. The summed E-state index contributed by atoms with van der Waals surface area (Å²) >= 11 is 11.1. The van der Waals surface area contributed by atoms with Crippen LogP contribution in [-0.2, 0) is 0 Å². The number of halogens is 2. The number of amides is 2.